The highest BCUT2D eigenvalue weighted by Crippen LogP contribution is 2.39. The molecule has 0 atom stereocenters. The van der Waals surface area contributed by atoms with E-state index in [-0.39, 0.29) is 0 Å². The van der Waals surface area contributed by atoms with E-state index in [1.54, 1.807) is 0 Å². The number of para-hydroxylation sites is 1. The van der Waals surface area contributed by atoms with Crippen LogP contribution in [-0.4, -0.2) is 7.05 Å². The van der Waals surface area contributed by atoms with Gasteiger partial charge in [-0.15, -0.1) is 0 Å². The SMILES string of the molecule is CN(c1cc(-c2ccccc2)cc(-c2cccc3ccccc23)c1)c1ccccc1-c1ccccc1. The van der Waals surface area contributed by atoms with E-state index < -0.39 is 0 Å². The van der Waals surface area contributed by atoms with Gasteiger partial charge in [0.1, 0.15) is 0 Å². The lowest BCUT2D eigenvalue weighted by molar-refractivity contribution is 1.21. The number of hydrogen-bond acceptors (Lipinski definition) is 1. The van der Waals surface area contributed by atoms with Gasteiger partial charge in [0.2, 0.25) is 0 Å². The lowest BCUT2D eigenvalue weighted by Crippen LogP contribution is -2.11. The van der Waals surface area contributed by atoms with Gasteiger partial charge in [0.15, 0.2) is 0 Å². The first-order valence-corrected chi connectivity index (χ1v) is 12.3. The van der Waals surface area contributed by atoms with E-state index in [0.29, 0.717) is 0 Å². The fourth-order valence-electron chi connectivity index (χ4n) is 5.00. The second kappa shape index (κ2) is 9.56. The van der Waals surface area contributed by atoms with Crippen molar-refractivity contribution >= 4 is 22.1 Å². The van der Waals surface area contributed by atoms with Crippen molar-refractivity contribution in [2.75, 3.05) is 11.9 Å². The van der Waals surface area contributed by atoms with Crippen LogP contribution in [-0.2, 0) is 0 Å². The molecule has 1 nitrogen and oxygen atoms in total. The molecule has 1 heteroatoms. The monoisotopic (exact) mass is 461 g/mol. The molecule has 0 aromatic heterocycles. The van der Waals surface area contributed by atoms with Crippen molar-refractivity contribution in [3.63, 3.8) is 0 Å². The highest BCUT2D eigenvalue weighted by Gasteiger charge is 2.14. The highest BCUT2D eigenvalue weighted by atomic mass is 15.1. The summed E-state index contributed by atoms with van der Waals surface area (Å²) in [5, 5.41) is 2.52. The Morgan fingerprint density at radius 1 is 0.417 bits per heavy atom. The summed E-state index contributed by atoms with van der Waals surface area (Å²) in [7, 11) is 2.17. The van der Waals surface area contributed by atoms with Crippen LogP contribution in [0.25, 0.3) is 44.2 Å². The van der Waals surface area contributed by atoms with Crippen LogP contribution >= 0.6 is 0 Å². The van der Waals surface area contributed by atoms with E-state index in [4.69, 9.17) is 0 Å². The lowest BCUT2D eigenvalue weighted by Gasteiger charge is -2.25. The van der Waals surface area contributed by atoms with Crippen molar-refractivity contribution < 1.29 is 0 Å². The van der Waals surface area contributed by atoms with Crippen molar-refractivity contribution in [2.24, 2.45) is 0 Å². The molecule has 172 valence electrons. The molecule has 0 N–H and O–H groups in total. The summed E-state index contributed by atoms with van der Waals surface area (Å²) in [5.41, 5.74) is 9.65. The number of fused-ring (bicyclic) bond motifs is 1. The van der Waals surface area contributed by atoms with E-state index >= 15 is 0 Å². The first-order valence-electron chi connectivity index (χ1n) is 12.3. The number of benzene rings is 6. The molecule has 0 saturated heterocycles. The predicted octanol–water partition coefficient (Wildman–Crippen LogP) is 9.61. The van der Waals surface area contributed by atoms with Gasteiger partial charge < -0.3 is 4.90 Å². The first-order chi connectivity index (χ1) is 17.8. The van der Waals surface area contributed by atoms with Crippen LogP contribution in [0, 0.1) is 0 Å². The van der Waals surface area contributed by atoms with Gasteiger partial charge in [-0.05, 0) is 62.9 Å². The van der Waals surface area contributed by atoms with Gasteiger partial charge in [-0.1, -0.05) is 121 Å². The maximum Gasteiger partial charge on any atom is 0.0487 e. The van der Waals surface area contributed by atoms with E-state index in [9.17, 15) is 0 Å². The third kappa shape index (κ3) is 4.16. The number of rotatable bonds is 5. The molecular weight excluding hydrogens is 434 g/mol. The molecule has 0 radical (unpaired) electrons. The summed E-state index contributed by atoms with van der Waals surface area (Å²) in [5.74, 6) is 0. The van der Waals surface area contributed by atoms with Crippen molar-refractivity contribution in [3.8, 4) is 33.4 Å². The zero-order valence-corrected chi connectivity index (χ0v) is 20.3. The molecule has 0 aliphatic rings. The van der Waals surface area contributed by atoms with Crippen molar-refractivity contribution in [1.82, 2.24) is 0 Å². The van der Waals surface area contributed by atoms with Crippen LogP contribution in [0.15, 0.2) is 146 Å². The molecule has 0 saturated carbocycles. The Kier molecular flexibility index (Phi) is 5.81. The van der Waals surface area contributed by atoms with E-state index in [1.165, 1.54) is 49.8 Å². The predicted molar refractivity (Wildman–Crippen MR) is 155 cm³/mol. The Balaban J connectivity index is 1.55. The smallest absolute Gasteiger partial charge is 0.0487 e. The largest absolute Gasteiger partial charge is 0.344 e. The van der Waals surface area contributed by atoms with Crippen LogP contribution in [0.5, 0.6) is 0 Å². The third-order valence-electron chi connectivity index (χ3n) is 6.86. The standard InChI is InChI=1S/C35H27N/c1-36(35-22-11-10-20-34(35)28-15-6-3-7-16-28)31-24-29(26-13-4-2-5-14-26)23-30(25-31)33-21-12-18-27-17-8-9-19-32(27)33/h2-25H,1H3. The van der Waals surface area contributed by atoms with Crippen molar-refractivity contribution in [1.29, 1.82) is 0 Å². The molecule has 0 unspecified atom stereocenters. The third-order valence-corrected chi connectivity index (χ3v) is 6.86. The molecule has 6 aromatic carbocycles. The topological polar surface area (TPSA) is 3.24 Å². The van der Waals surface area contributed by atoms with Gasteiger partial charge in [-0.2, -0.15) is 0 Å². The Hall–Kier alpha value is -4.62. The average Bonchev–Trinajstić information content (AvgIpc) is 2.97. The van der Waals surface area contributed by atoms with E-state index in [1.807, 2.05) is 0 Å². The number of anilines is 2. The Morgan fingerprint density at radius 3 is 1.81 bits per heavy atom. The fraction of sp³-hybridized carbons (Fsp3) is 0.0286. The van der Waals surface area contributed by atoms with Crippen molar-refractivity contribution in [2.45, 2.75) is 0 Å². The van der Waals surface area contributed by atoms with E-state index in [0.717, 1.165) is 5.69 Å². The zero-order valence-electron chi connectivity index (χ0n) is 20.3. The lowest BCUT2D eigenvalue weighted by atomic mass is 9.94. The van der Waals surface area contributed by atoms with Crippen LogP contribution < -0.4 is 4.90 Å². The van der Waals surface area contributed by atoms with Gasteiger partial charge in [-0.3, -0.25) is 0 Å². The molecule has 0 aliphatic carbocycles. The number of nitrogens with zero attached hydrogens (tertiary/aromatic N) is 1. The zero-order chi connectivity index (χ0) is 24.3. The van der Waals surface area contributed by atoms with Gasteiger partial charge in [0, 0.05) is 24.0 Å². The summed E-state index contributed by atoms with van der Waals surface area (Å²) < 4.78 is 0. The van der Waals surface area contributed by atoms with Crippen LogP contribution in [0.4, 0.5) is 11.4 Å². The van der Waals surface area contributed by atoms with Crippen molar-refractivity contribution in [3.05, 3.63) is 146 Å². The molecule has 0 aliphatic heterocycles. The fourth-order valence-corrected chi connectivity index (χ4v) is 5.00. The minimum Gasteiger partial charge on any atom is -0.344 e. The molecular formula is C35H27N. The number of hydrogen-bond donors (Lipinski definition) is 0. The van der Waals surface area contributed by atoms with Gasteiger partial charge in [-0.25, -0.2) is 0 Å². The second-order valence-corrected chi connectivity index (χ2v) is 9.10. The Morgan fingerprint density at radius 2 is 1.00 bits per heavy atom. The van der Waals surface area contributed by atoms with E-state index in [2.05, 4.69) is 158 Å². The molecule has 36 heavy (non-hydrogen) atoms. The normalized spacial score (nSPS) is 10.9. The molecule has 0 fully saturated rings. The minimum absolute atomic E-state index is 1.16. The summed E-state index contributed by atoms with van der Waals surface area (Å²) in [6.07, 6.45) is 0. The summed E-state index contributed by atoms with van der Waals surface area (Å²) >= 11 is 0. The summed E-state index contributed by atoms with van der Waals surface area (Å²) in [6.45, 7) is 0. The Labute approximate surface area is 212 Å². The molecule has 6 aromatic rings. The minimum atomic E-state index is 1.16. The quantitative estimate of drug-likeness (QED) is 0.247. The summed E-state index contributed by atoms with van der Waals surface area (Å²) in [4.78, 5) is 2.31. The maximum absolute atomic E-state index is 2.32. The molecule has 0 amide bonds. The molecule has 0 bridgehead atoms. The van der Waals surface area contributed by atoms with Crippen LogP contribution in [0.3, 0.4) is 0 Å². The summed E-state index contributed by atoms with van der Waals surface area (Å²) in [6, 6.07) is 52.0. The molecule has 0 heterocycles. The van der Waals surface area contributed by atoms with Gasteiger partial charge in [0.05, 0.1) is 0 Å². The second-order valence-electron chi connectivity index (χ2n) is 9.10. The molecule has 6 rings (SSSR count). The van der Waals surface area contributed by atoms with Crippen LogP contribution in [0.2, 0.25) is 0 Å². The maximum atomic E-state index is 2.32. The molecule has 0 spiro atoms. The highest BCUT2D eigenvalue weighted by molar-refractivity contribution is 5.98. The van der Waals surface area contributed by atoms with Crippen LogP contribution in [0.1, 0.15) is 0 Å². The van der Waals surface area contributed by atoms with Gasteiger partial charge >= 0.3 is 0 Å². The average molecular weight is 462 g/mol. The first kappa shape index (κ1) is 21.9. The Bertz CT molecular complexity index is 1630. The van der Waals surface area contributed by atoms with Gasteiger partial charge in [0.25, 0.3) is 0 Å².